The van der Waals surface area contributed by atoms with Gasteiger partial charge in [-0.2, -0.15) is 0 Å². The second-order valence-electron chi connectivity index (χ2n) is 9.19. The summed E-state index contributed by atoms with van der Waals surface area (Å²) in [5.41, 5.74) is 0. The minimum Gasteiger partial charge on any atom is -0.389 e. The van der Waals surface area contributed by atoms with Crippen LogP contribution in [0.15, 0.2) is 0 Å². The predicted octanol–water partition coefficient (Wildman–Crippen LogP) is 1.70. The van der Waals surface area contributed by atoms with Crippen molar-refractivity contribution in [1.82, 2.24) is 10.2 Å². The molecule has 1 amide bonds. The number of aliphatic hydroxyl groups excluding tert-OH is 1. The number of nitrogens with zero attached hydrogens (tertiary/aromatic N) is 1. The van der Waals surface area contributed by atoms with Crippen LogP contribution in [0.4, 0.5) is 0 Å². The van der Waals surface area contributed by atoms with Crippen LogP contribution >= 0.6 is 0 Å². The minimum absolute atomic E-state index is 0.00765. The zero-order chi connectivity index (χ0) is 18.6. The third-order valence-corrected chi connectivity index (χ3v) is 6.75. The summed E-state index contributed by atoms with van der Waals surface area (Å²) >= 11 is 0. The van der Waals surface area contributed by atoms with Gasteiger partial charge in [0.1, 0.15) is 0 Å². The SMILES string of the molecule is O=C(C[C@H]1CC[C@H]2[C@@H](COC[C@@H](O)CN2CC2CCCC2)O1)NCC1CC1. The summed E-state index contributed by atoms with van der Waals surface area (Å²) in [4.78, 5) is 14.7. The van der Waals surface area contributed by atoms with E-state index in [1.807, 2.05) is 0 Å². The fourth-order valence-electron chi connectivity index (χ4n) is 5.04. The number of carbonyl (C=O) groups is 1. The van der Waals surface area contributed by atoms with Gasteiger partial charge in [0.2, 0.25) is 5.91 Å². The van der Waals surface area contributed by atoms with E-state index in [9.17, 15) is 9.90 Å². The lowest BCUT2D eigenvalue weighted by Crippen LogP contribution is -2.56. The number of hydrogen-bond acceptors (Lipinski definition) is 5. The van der Waals surface area contributed by atoms with Gasteiger partial charge in [-0.05, 0) is 50.4 Å². The topological polar surface area (TPSA) is 71.0 Å². The van der Waals surface area contributed by atoms with Crippen LogP contribution in [-0.4, -0.2) is 73.1 Å². The molecule has 4 fully saturated rings. The van der Waals surface area contributed by atoms with Crippen molar-refractivity contribution in [1.29, 1.82) is 0 Å². The molecule has 4 aliphatic rings. The van der Waals surface area contributed by atoms with E-state index in [1.54, 1.807) is 0 Å². The van der Waals surface area contributed by atoms with Crippen molar-refractivity contribution >= 4 is 5.91 Å². The van der Waals surface area contributed by atoms with Crippen molar-refractivity contribution in [2.75, 3.05) is 32.8 Å². The minimum atomic E-state index is -0.418. The molecular weight excluding hydrogens is 344 g/mol. The molecule has 0 bridgehead atoms. The highest BCUT2D eigenvalue weighted by atomic mass is 16.5. The zero-order valence-corrected chi connectivity index (χ0v) is 16.5. The Morgan fingerprint density at radius 2 is 1.85 bits per heavy atom. The molecule has 0 aromatic rings. The fourth-order valence-corrected chi connectivity index (χ4v) is 5.04. The Hall–Kier alpha value is -0.690. The smallest absolute Gasteiger partial charge is 0.222 e. The van der Waals surface area contributed by atoms with Gasteiger partial charge in [-0.3, -0.25) is 9.69 Å². The Morgan fingerprint density at radius 1 is 1.04 bits per heavy atom. The van der Waals surface area contributed by atoms with Crippen molar-refractivity contribution in [3.8, 4) is 0 Å². The van der Waals surface area contributed by atoms with E-state index in [2.05, 4.69) is 10.2 Å². The first-order valence-electron chi connectivity index (χ1n) is 11.1. The van der Waals surface area contributed by atoms with E-state index in [-0.39, 0.29) is 18.1 Å². The van der Waals surface area contributed by atoms with Gasteiger partial charge in [-0.25, -0.2) is 0 Å². The molecular formula is C21H36N2O4. The maximum Gasteiger partial charge on any atom is 0.222 e. The van der Waals surface area contributed by atoms with Crippen LogP contribution in [0.25, 0.3) is 0 Å². The Balaban J connectivity index is 1.32. The largest absolute Gasteiger partial charge is 0.389 e. The van der Waals surface area contributed by atoms with E-state index in [1.165, 1.54) is 38.5 Å². The van der Waals surface area contributed by atoms with Gasteiger partial charge in [0.05, 0.1) is 37.9 Å². The van der Waals surface area contributed by atoms with Crippen LogP contribution in [0.3, 0.4) is 0 Å². The van der Waals surface area contributed by atoms with Gasteiger partial charge in [0, 0.05) is 25.7 Å². The molecule has 27 heavy (non-hydrogen) atoms. The standard InChI is InChI=1S/C21H36N2O4/c24-17-12-23(11-16-3-1-2-4-16)19-8-7-18(27-20(19)14-26-13-17)9-21(25)22-10-15-5-6-15/h15-20,24H,1-14H2,(H,22,25)/t17-,18+,19-,20+/m0/s1. The van der Waals surface area contributed by atoms with Gasteiger partial charge in [-0.15, -0.1) is 0 Å². The Bertz CT molecular complexity index is 493. The molecule has 6 heteroatoms. The number of ether oxygens (including phenoxy) is 2. The highest BCUT2D eigenvalue weighted by Crippen LogP contribution is 2.32. The normalized spacial score (nSPS) is 36.0. The molecule has 4 rings (SSSR count). The van der Waals surface area contributed by atoms with Crippen molar-refractivity contribution < 1.29 is 19.4 Å². The summed E-state index contributed by atoms with van der Waals surface area (Å²) in [5, 5.41) is 13.3. The zero-order valence-electron chi connectivity index (χ0n) is 16.5. The second-order valence-corrected chi connectivity index (χ2v) is 9.19. The molecule has 0 aromatic carbocycles. The lowest BCUT2D eigenvalue weighted by molar-refractivity contribution is -0.158. The lowest BCUT2D eigenvalue weighted by atomic mass is 9.93. The van der Waals surface area contributed by atoms with Crippen molar-refractivity contribution in [2.45, 2.75) is 82.1 Å². The van der Waals surface area contributed by atoms with Gasteiger partial charge in [0.15, 0.2) is 0 Å². The van der Waals surface area contributed by atoms with Crippen LogP contribution in [0, 0.1) is 11.8 Å². The highest BCUT2D eigenvalue weighted by Gasteiger charge is 2.39. The molecule has 154 valence electrons. The number of aliphatic hydroxyl groups is 1. The average molecular weight is 381 g/mol. The monoisotopic (exact) mass is 380 g/mol. The highest BCUT2D eigenvalue weighted by molar-refractivity contribution is 5.76. The number of rotatable bonds is 6. The van der Waals surface area contributed by atoms with E-state index in [0.717, 1.165) is 31.8 Å². The molecule has 2 saturated carbocycles. The van der Waals surface area contributed by atoms with Crippen LogP contribution in [-0.2, 0) is 14.3 Å². The summed E-state index contributed by atoms with van der Waals surface area (Å²) in [6, 6.07) is 0.298. The maximum atomic E-state index is 12.2. The van der Waals surface area contributed by atoms with Gasteiger partial charge >= 0.3 is 0 Å². The number of amides is 1. The van der Waals surface area contributed by atoms with Crippen LogP contribution in [0.2, 0.25) is 0 Å². The number of carbonyl (C=O) groups excluding carboxylic acids is 1. The summed E-state index contributed by atoms with van der Waals surface area (Å²) in [6.07, 6.45) is 9.79. The van der Waals surface area contributed by atoms with Crippen LogP contribution in [0.1, 0.15) is 57.8 Å². The third kappa shape index (κ3) is 5.66. The summed E-state index contributed by atoms with van der Waals surface area (Å²) in [7, 11) is 0. The Morgan fingerprint density at radius 3 is 2.63 bits per heavy atom. The molecule has 2 aliphatic carbocycles. The Labute approximate surface area is 163 Å². The molecule has 2 heterocycles. The van der Waals surface area contributed by atoms with Crippen LogP contribution < -0.4 is 5.32 Å². The molecule has 2 saturated heterocycles. The predicted molar refractivity (Wildman–Crippen MR) is 102 cm³/mol. The number of β-amino-alcohol motifs (C(OH)–C–C–N with tert-alkyl or cyclic N) is 1. The maximum absolute atomic E-state index is 12.2. The van der Waals surface area contributed by atoms with E-state index in [0.29, 0.717) is 38.1 Å². The summed E-state index contributed by atoms with van der Waals surface area (Å²) in [6.45, 7) is 3.46. The van der Waals surface area contributed by atoms with Crippen molar-refractivity contribution in [2.24, 2.45) is 11.8 Å². The molecule has 0 unspecified atom stereocenters. The van der Waals surface area contributed by atoms with E-state index < -0.39 is 6.10 Å². The number of hydrogen-bond donors (Lipinski definition) is 2. The van der Waals surface area contributed by atoms with Gasteiger partial charge in [-0.1, -0.05) is 12.8 Å². The van der Waals surface area contributed by atoms with Crippen molar-refractivity contribution in [3.63, 3.8) is 0 Å². The number of nitrogens with one attached hydrogen (secondary N) is 1. The van der Waals surface area contributed by atoms with Gasteiger partial charge in [0.25, 0.3) is 0 Å². The van der Waals surface area contributed by atoms with Crippen LogP contribution in [0.5, 0.6) is 0 Å². The second kappa shape index (κ2) is 9.21. The van der Waals surface area contributed by atoms with Crippen molar-refractivity contribution in [3.05, 3.63) is 0 Å². The molecule has 2 N–H and O–H groups in total. The average Bonchev–Trinajstić information content (AvgIpc) is 3.33. The molecule has 4 atom stereocenters. The summed E-state index contributed by atoms with van der Waals surface area (Å²) < 4.78 is 12.1. The molecule has 2 aliphatic heterocycles. The van der Waals surface area contributed by atoms with Gasteiger partial charge < -0.3 is 19.9 Å². The summed E-state index contributed by atoms with van der Waals surface area (Å²) in [5.74, 6) is 1.58. The first-order valence-corrected chi connectivity index (χ1v) is 11.1. The fraction of sp³-hybridized carbons (Fsp3) is 0.952. The molecule has 6 nitrogen and oxygen atoms in total. The van der Waals surface area contributed by atoms with E-state index in [4.69, 9.17) is 9.47 Å². The lowest BCUT2D eigenvalue weighted by Gasteiger charge is -2.45. The van der Waals surface area contributed by atoms with E-state index >= 15 is 0 Å². The third-order valence-electron chi connectivity index (χ3n) is 6.75. The first-order chi connectivity index (χ1) is 13.2. The first kappa shape index (κ1) is 19.6. The molecule has 0 spiro atoms. The quantitative estimate of drug-likeness (QED) is 0.734. The number of fused-ring (bicyclic) bond motifs is 1. The Kier molecular flexibility index (Phi) is 6.69. The molecule has 0 radical (unpaired) electrons. The molecule has 0 aromatic heterocycles.